The van der Waals surface area contributed by atoms with E-state index in [0.29, 0.717) is 11.7 Å². The first-order valence-corrected chi connectivity index (χ1v) is 9.32. The average molecular weight is 355 g/mol. The first-order valence-electron chi connectivity index (χ1n) is 9.32. The third kappa shape index (κ3) is 3.53. The van der Waals surface area contributed by atoms with Crippen LogP contribution in [0.2, 0.25) is 0 Å². The molecule has 1 atom stereocenters. The van der Waals surface area contributed by atoms with Crippen LogP contribution in [-0.2, 0) is 0 Å². The number of hydrogen-bond donors (Lipinski definition) is 2. The van der Waals surface area contributed by atoms with Gasteiger partial charge in [0.15, 0.2) is 0 Å². The van der Waals surface area contributed by atoms with E-state index in [1.165, 1.54) is 11.9 Å². The zero-order chi connectivity index (χ0) is 17.9. The highest BCUT2D eigenvalue weighted by Gasteiger charge is 2.30. The van der Waals surface area contributed by atoms with E-state index in [4.69, 9.17) is 0 Å². The highest BCUT2D eigenvalue weighted by atomic mass is 16.2. The van der Waals surface area contributed by atoms with Gasteiger partial charge in [0.25, 0.3) is 5.91 Å². The number of amides is 1. The fraction of sp³-hybridized carbons (Fsp3) is 0.474. The van der Waals surface area contributed by atoms with E-state index in [1.807, 2.05) is 11.0 Å². The van der Waals surface area contributed by atoms with Gasteiger partial charge in [0.05, 0.1) is 0 Å². The molecule has 0 aliphatic carbocycles. The Hall–Kier alpha value is -2.54. The van der Waals surface area contributed by atoms with Gasteiger partial charge >= 0.3 is 5.69 Å². The molecular weight excluding hydrogens is 330 g/mol. The smallest absolute Gasteiger partial charge is 0.323 e. The summed E-state index contributed by atoms with van der Waals surface area (Å²) in [5.74, 6) is -0.0871. The third-order valence-electron chi connectivity index (χ3n) is 5.46. The summed E-state index contributed by atoms with van der Waals surface area (Å²) in [4.78, 5) is 35.7. The summed E-state index contributed by atoms with van der Waals surface area (Å²) in [6.07, 6.45) is 3.59. The van der Waals surface area contributed by atoms with Crippen LogP contribution in [0.4, 0.5) is 5.69 Å². The molecule has 0 spiro atoms. The molecule has 1 unspecified atom stereocenters. The van der Waals surface area contributed by atoms with Crippen LogP contribution in [0, 0.1) is 0 Å². The van der Waals surface area contributed by atoms with Gasteiger partial charge in [-0.1, -0.05) is 18.2 Å². The fourth-order valence-electron chi connectivity index (χ4n) is 4.04. The number of nitrogens with one attached hydrogen (secondary N) is 2. The molecule has 1 aromatic carbocycles. The van der Waals surface area contributed by atoms with E-state index >= 15 is 0 Å². The Morgan fingerprint density at radius 3 is 2.50 bits per heavy atom. The Labute approximate surface area is 152 Å². The molecule has 0 radical (unpaired) electrons. The van der Waals surface area contributed by atoms with Crippen molar-refractivity contribution in [3.05, 3.63) is 52.7 Å². The topological polar surface area (TPSA) is 75.4 Å². The Balaban J connectivity index is 1.35. The lowest BCUT2D eigenvalue weighted by Gasteiger charge is -2.43. The summed E-state index contributed by atoms with van der Waals surface area (Å²) in [5, 5.41) is 0. The number of carbonyl (C=O) groups excluding carboxylic acids is 1. The lowest BCUT2D eigenvalue weighted by molar-refractivity contribution is 0.0558. The van der Waals surface area contributed by atoms with Crippen molar-refractivity contribution in [2.24, 2.45) is 0 Å². The summed E-state index contributed by atoms with van der Waals surface area (Å²) in [5.41, 5.74) is 1.30. The quantitative estimate of drug-likeness (QED) is 0.865. The van der Waals surface area contributed by atoms with E-state index in [0.717, 1.165) is 52.1 Å². The fourth-order valence-corrected chi connectivity index (χ4v) is 4.04. The summed E-state index contributed by atoms with van der Waals surface area (Å²) in [6, 6.07) is 10.9. The summed E-state index contributed by atoms with van der Waals surface area (Å²) in [7, 11) is 0. The molecule has 0 saturated carbocycles. The van der Waals surface area contributed by atoms with Gasteiger partial charge in [-0.3, -0.25) is 9.69 Å². The zero-order valence-electron chi connectivity index (χ0n) is 14.9. The molecule has 2 saturated heterocycles. The number of piperazine rings is 1. The number of imidazole rings is 1. The largest absolute Gasteiger partial charge is 0.369 e. The molecule has 7 heteroatoms. The number of hydrogen-bond acceptors (Lipinski definition) is 4. The lowest BCUT2D eigenvalue weighted by atomic mass is 10.0. The molecular formula is C19H25N5O2. The van der Waals surface area contributed by atoms with E-state index < -0.39 is 0 Å². The molecule has 4 rings (SSSR count). The minimum absolute atomic E-state index is 0.0871. The van der Waals surface area contributed by atoms with Gasteiger partial charge in [-0.25, -0.2) is 4.79 Å². The molecule has 138 valence electrons. The second-order valence-electron chi connectivity index (χ2n) is 7.06. The lowest BCUT2D eigenvalue weighted by Crippen LogP contribution is -2.56. The van der Waals surface area contributed by atoms with Crippen molar-refractivity contribution in [2.75, 3.05) is 44.2 Å². The van der Waals surface area contributed by atoms with Crippen LogP contribution in [-0.4, -0.2) is 71.0 Å². The number of likely N-dealkylation sites (tertiary alicyclic amines) is 1. The Morgan fingerprint density at radius 2 is 1.81 bits per heavy atom. The van der Waals surface area contributed by atoms with E-state index in [2.05, 4.69) is 44.0 Å². The number of benzene rings is 1. The summed E-state index contributed by atoms with van der Waals surface area (Å²) in [6.45, 7) is 5.55. The number of aromatic amines is 2. The number of rotatable bonds is 3. The minimum Gasteiger partial charge on any atom is -0.369 e. The summed E-state index contributed by atoms with van der Waals surface area (Å²) < 4.78 is 0. The van der Waals surface area contributed by atoms with Gasteiger partial charge in [0.2, 0.25) is 0 Å². The molecule has 2 aromatic rings. The van der Waals surface area contributed by atoms with Crippen molar-refractivity contribution in [3.63, 3.8) is 0 Å². The van der Waals surface area contributed by atoms with Gasteiger partial charge in [0.1, 0.15) is 5.69 Å². The first kappa shape index (κ1) is 16.9. The molecule has 0 bridgehead atoms. The van der Waals surface area contributed by atoms with Crippen molar-refractivity contribution >= 4 is 11.6 Å². The predicted octanol–water partition coefficient (Wildman–Crippen LogP) is 1.13. The molecule has 2 aliphatic rings. The van der Waals surface area contributed by atoms with Crippen LogP contribution in [0.15, 0.2) is 41.3 Å². The Morgan fingerprint density at radius 1 is 1.04 bits per heavy atom. The van der Waals surface area contributed by atoms with E-state index in [9.17, 15) is 9.59 Å². The van der Waals surface area contributed by atoms with Gasteiger partial charge < -0.3 is 19.8 Å². The normalized spacial score (nSPS) is 21.8. The maximum absolute atomic E-state index is 12.6. The number of aromatic nitrogens is 2. The molecule has 2 aliphatic heterocycles. The third-order valence-corrected chi connectivity index (χ3v) is 5.46. The van der Waals surface area contributed by atoms with Gasteiger partial charge in [0, 0.05) is 57.2 Å². The number of nitrogens with zero attached hydrogens (tertiary/aromatic N) is 3. The molecule has 3 heterocycles. The second kappa shape index (κ2) is 7.37. The van der Waals surface area contributed by atoms with Crippen LogP contribution in [0.1, 0.15) is 23.3 Å². The van der Waals surface area contributed by atoms with Gasteiger partial charge in [-0.05, 0) is 25.0 Å². The van der Waals surface area contributed by atoms with E-state index in [1.54, 1.807) is 0 Å². The van der Waals surface area contributed by atoms with Crippen LogP contribution >= 0.6 is 0 Å². The van der Waals surface area contributed by atoms with Crippen molar-refractivity contribution < 1.29 is 4.79 Å². The van der Waals surface area contributed by atoms with Crippen LogP contribution < -0.4 is 10.6 Å². The zero-order valence-corrected chi connectivity index (χ0v) is 14.9. The molecule has 1 amide bonds. The highest BCUT2D eigenvalue weighted by Crippen LogP contribution is 2.21. The molecule has 1 aromatic heterocycles. The molecule has 2 fully saturated rings. The van der Waals surface area contributed by atoms with Crippen molar-refractivity contribution in [3.8, 4) is 0 Å². The number of carbonyl (C=O) groups is 1. The van der Waals surface area contributed by atoms with Crippen LogP contribution in [0.5, 0.6) is 0 Å². The van der Waals surface area contributed by atoms with Crippen molar-refractivity contribution in [1.82, 2.24) is 19.8 Å². The van der Waals surface area contributed by atoms with Crippen molar-refractivity contribution in [2.45, 2.75) is 18.9 Å². The number of H-pyrrole nitrogens is 2. The Bertz CT molecular complexity index is 792. The summed E-state index contributed by atoms with van der Waals surface area (Å²) >= 11 is 0. The standard InChI is InChI=1S/C19H25N5O2/c25-18(17-13-20-19(26)21-17)24-8-4-7-16(14-24)23-11-9-22(10-12-23)15-5-2-1-3-6-15/h1-3,5-6,13,16H,4,7-12,14H2,(H2,20,21,26). The molecule has 2 N–H and O–H groups in total. The average Bonchev–Trinajstić information content (AvgIpc) is 3.15. The number of piperidine rings is 1. The van der Waals surface area contributed by atoms with Gasteiger partial charge in [-0.2, -0.15) is 0 Å². The van der Waals surface area contributed by atoms with Crippen molar-refractivity contribution in [1.29, 1.82) is 0 Å². The maximum atomic E-state index is 12.6. The van der Waals surface area contributed by atoms with Crippen LogP contribution in [0.25, 0.3) is 0 Å². The first-order chi connectivity index (χ1) is 12.7. The monoisotopic (exact) mass is 355 g/mol. The highest BCUT2D eigenvalue weighted by molar-refractivity contribution is 5.92. The Kier molecular flexibility index (Phi) is 4.79. The minimum atomic E-state index is -0.334. The number of anilines is 1. The SMILES string of the molecule is O=C(c1c[nH]c(=O)[nH]1)N1CCCC(N2CCN(c3ccccc3)CC2)C1. The van der Waals surface area contributed by atoms with E-state index in [-0.39, 0.29) is 11.6 Å². The molecule has 26 heavy (non-hydrogen) atoms. The number of para-hydroxylation sites is 1. The maximum Gasteiger partial charge on any atom is 0.323 e. The predicted molar refractivity (Wildman–Crippen MR) is 101 cm³/mol. The van der Waals surface area contributed by atoms with Crippen LogP contribution in [0.3, 0.4) is 0 Å². The second-order valence-corrected chi connectivity index (χ2v) is 7.06. The van der Waals surface area contributed by atoms with Gasteiger partial charge in [-0.15, -0.1) is 0 Å². The molecule has 7 nitrogen and oxygen atoms in total.